The molecule has 0 saturated carbocycles. The highest BCUT2D eigenvalue weighted by molar-refractivity contribution is 7.89. The minimum absolute atomic E-state index is 0.150. The number of rotatable bonds is 8. The van der Waals surface area contributed by atoms with Gasteiger partial charge in [0.15, 0.2) is 0 Å². The number of thiophene rings is 1. The molecule has 5 nitrogen and oxygen atoms in total. The maximum absolute atomic E-state index is 12.6. The predicted octanol–water partition coefficient (Wildman–Crippen LogP) is 1.85. The third kappa shape index (κ3) is 4.26. The second-order valence-electron chi connectivity index (χ2n) is 5.01. The monoisotopic (exact) mass is 320 g/mol. The molecule has 1 rings (SSSR count). The smallest absolute Gasteiger partial charge is 0.242 e. The first-order chi connectivity index (χ1) is 9.33. The van der Waals surface area contributed by atoms with Crippen molar-refractivity contribution in [2.45, 2.75) is 45.2 Å². The second-order valence-corrected chi connectivity index (χ2v) is 7.62. The normalized spacial score (nSPS) is 13.9. The summed E-state index contributed by atoms with van der Waals surface area (Å²) in [5, 5.41) is 1.82. The van der Waals surface area contributed by atoms with Crippen LogP contribution in [-0.4, -0.2) is 27.7 Å². The lowest BCUT2D eigenvalue weighted by Gasteiger charge is -2.22. The first-order valence-corrected chi connectivity index (χ1v) is 9.06. The summed E-state index contributed by atoms with van der Waals surface area (Å²) in [6, 6.07) is -0.245. The van der Waals surface area contributed by atoms with E-state index in [0.29, 0.717) is 23.0 Å². The standard InChI is InChI=1S/C13H24N2O3S2/c1-5-18-7-11(9(2)3)15-20(16,17)13-10(4)8-19-12(13)6-14/h8-9,11,15H,5-7,14H2,1-4H3. The number of nitrogens with one attached hydrogen (secondary N) is 1. The molecule has 0 aliphatic rings. The van der Waals surface area contributed by atoms with Gasteiger partial charge in [-0.3, -0.25) is 0 Å². The Morgan fingerprint density at radius 3 is 2.60 bits per heavy atom. The molecule has 0 saturated heterocycles. The number of hydrogen-bond acceptors (Lipinski definition) is 5. The third-order valence-electron chi connectivity index (χ3n) is 3.06. The van der Waals surface area contributed by atoms with Crippen molar-refractivity contribution in [1.29, 1.82) is 0 Å². The van der Waals surface area contributed by atoms with Crippen molar-refractivity contribution in [3.05, 3.63) is 15.8 Å². The lowest BCUT2D eigenvalue weighted by molar-refractivity contribution is 0.116. The average molecular weight is 320 g/mol. The molecule has 0 aliphatic carbocycles. The lowest BCUT2D eigenvalue weighted by atomic mass is 10.1. The van der Waals surface area contributed by atoms with Crippen LogP contribution in [0.2, 0.25) is 0 Å². The van der Waals surface area contributed by atoms with E-state index < -0.39 is 10.0 Å². The van der Waals surface area contributed by atoms with Crippen LogP contribution in [0.5, 0.6) is 0 Å². The van der Waals surface area contributed by atoms with Gasteiger partial charge in [0.1, 0.15) is 4.90 Å². The van der Waals surface area contributed by atoms with Crippen LogP contribution in [0, 0.1) is 12.8 Å². The number of aryl methyl sites for hydroxylation is 1. The first kappa shape index (κ1) is 17.6. The van der Waals surface area contributed by atoms with Gasteiger partial charge >= 0.3 is 0 Å². The van der Waals surface area contributed by atoms with Crippen molar-refractivity contribution in [2.24, 2.45) is 11.7 Å². The third-order valence-corrected chi connectivity index (χ3v) is 6.03. The highest BCUT2D eigenvalue weighted by Gasteiger charge is 2.27. The largest absolute Gasteiger partial charge is 0.380 e. The fourth-order valence-electron chi connectivity index (χ4n) is 1.85. The minimum atomic E-state index is -3.56. The Balaban J connectivity index is 3.00. The van der Waals surface area contributed by atoms with Gasteiger partial charge in [-0.1, -0.05) is 13.8 Å². The van der Waals surface area contributed by atoms with E-state index in [0.717, 1.165) is 5.56 Å². The molecule has 0 amide bonds. The van der Waals surface area contributed by atoms with Crippen LogP contribution >= 0.6 is 11.3 Å². The Morgan fingerprint density at radius 2 is 2.10 bits per heavy atom. The van der Waals surface area contributed by atoms with Crippen LogP contribution in [0.1, 0.15) is 31.2 Å². The molecular weight excluding hydrogens is 296 g/mol. The van der Waals surface area contributed by atoms with E-state index in [2.05, 4.69) is 4.72 Å². The molecule has 1 atom stereocenters. The van der Waals surface area contributed by atoms with E-state index in [1.54, 1.807) is 6.92 Å². The molecule has 0 aromatic carbocycles. The number of ether oxygens (including phenoxy) is 1. The summed E-state index contributed by atoms with van der Waals surface area (Å²) in [4.78, 5) is 1.01. The fourth-order valence-corrected chi connectivity index (χ4v) is 4.93. The van der Waals surface area contributed by atoms with Gasteiger partial charge < -0.3 is 10.5 Å². The quantitative estimate of drug-likeness (QED) is 0.766. The van der Waals surface area contributed by atoms with Gasteiger partial charge in [0.05, 0.1) is 6.61 Å². The zero-order chi connectivity index (χ0) is 15.3. The Bertz CT molecular complexity index is 524. The predicted molar refractivity (Wildman–Crippen MR) is 82.4 cm³/mol. The number of sulfonamides is 1. The van der Waals surface area contributed by atoms with Gasteiger partial charge in [-0.05, 0) is 30.7 Å². The van der Waals surface area contributed by atoms with E-state index in [4.69, 9.17) is 10.5 Å². The van der Waals surface area contributed by atoms with Crippen molar-refractivity contribution in [1.82, 2.24) is 4.72 Å². The van der Waals surface area contributed by atoms with Crippen LogP contribution in [0.15, 0.2) is 10.3 Å². The molecule has 0 radical (unpaired) electrons. The highest BCUT2D eigenvalue weighted by atomic mass is 32.2. The molecule has 20 heavy (non-hydrogen) atoms. The molecule has 1 aromatic rings. The van der Waals surface area contributed by atoms with Crippen molar-refractivity contribution in [2.75, 3.05) is 13.2 Å². The Morgan fingerprint density at radius 1 is 1.45 bits per heavy atom. The SMILES string of the molecule is CCOCC(NS(=O)(=O)c1c(C)csc1CN)C(C)C. The summed E-state index contributed by atoms with van der Waals surface area (Å²) in [7, 11) is -3.56. The fraction of sp³-hybridized carbons (Fsp3) is 0.692. The van der Waals surface area contributed by atoms with Crippen LogP contribution in [0.25, 0.3) is 0 Å². The summed E-state index contributed by atoms with van der Waals surface area (Å²) in [5.74, 6) is 0.150. The lowest BCUT2D eigenvalue weighted by Crippen LogP contribution is -2.42. The Kier molecular flexibility index (Phi) is 6.60. The molecule has 3 N–H and O–H groups in total. The van der Waals surface area contributed by atoms with Crippen molar-refractivity contribution < 1.29 is 13.2 Å². The molecule has 0 aliphatic heterocycles. The first-order valence-electron chi connectivity index (χ1n) is 6.70. The molecule has 1 unspecified atom stereocenters. The molecule has 116 valence electrons. The van der Waals surface area contributed by atoms with Crippen LogP contribution in [0.4, 0.5) is 0 Å². The van der Waals surface area contributed by atoms with E-state index >= 15 is 0 Å². The van der Waals surface area contributed by atoms with Crippen molar-refractivity contribution in [3.63, 3.8) is 0 Å². The maximum atomic E-state index is 12.6. The van der Waals surface area contributed by atoms with E-state index in [9.17, 15) is 8.42 Å². The molecule has 0 bridgehead atoms. The highest BCUT2D eigenvalue weighted by Crippen LogP contribution is 2.26. The molecule has 1 aromatic heterocycles. The van der Waals surface area contributed by atoms with Gasteiger partial charge in [0.25, 0.3) is 0 Å². The summed E-state index contributed by atoms with van der Waals surface area (Å²) in [5.41, 5.74) is 6.36. The van der Waals surface area contributed by atoms with Gasteiger partial charge in [-0.25, -0.2) is 13.1 Å². The zero-order valence-corrected chi connectivity index (χ0v) is 14.1. The van der Waals surface area contributed by atoms with Crippen molar-refractivity contribution >= 4 is 21.4 Å². The minimum Gasteiger partial charge on any atom is -0.380 e. The average Bonchev–Trinajstić information content (AvgIpc) is 2.76. The summed E-state index contributed by atoms with van der Waals surface area (Å²) in [6.45, 7) is 8.78. The Hall–Kier alpha value is -0.470. The van der Waals surface area contributed by atoms with Gasteiger partial charge in [-0.2, -0.15) is 0 Å². The molecular formula is C13H24N2O3S2. The summed E-state index contributed by atoms with van der Waals surface area (Å²) in [6.07, 6.45) is 0. The summed E-state index contributed by atoms with van der Waals surface area (Å²) >= 11 is 1.38. The van der Waals surface area contributed by atoms with E-state index in [1.807, 2.05) is 26.2 Å². The molecule has 7 heteroatoms. The van der Waals surface area contributed by atoms with Gasteiger partial charge in [-0.15, -0.1) is 11.3 Å². The van der Waals surface area contributed by atoms with E-state index in [-0.39, 0.29) is 18.5 Å². The molecule has 0 spiro atoms. The maximum Gasteiger partial charge on any atom is 0.242 e. The van der Waals surface area contributed by atoms with Gasteiger partial charge in [0, 0.05) is 24.1 Å². The van der Waals surface area contributed by atoms with Crippen LogP contribution in [-0.2, 0) is 21.3 Å². The van der Waals surface area contributed by atoms with Crippen LogP contribution < -0.4 is 10.5 Å². The molecule has 1 heterocycles. The van der Waals surface area contributed by atoms with Gasteiger partial charge in [0.2, 0.25) is 10.0 Å². The van der Waals surface area contributed by atoms with E-state index in [1.165, 1.54) is 11.3 Å². The summed E-state index contributed by atoms with van der Waals surface area (Å²) < 4.78 is 33.2. The Labute approximate surface area is 125 Å². The number of nitrogens with two attached hydrogens (primary N) is 1. The number of hydrogen-bond donors (Lipinski definition) is 2. The van der Waals surface area contributed by atoms with Crippen LogP contribution in [0.3, 0.4) is 0 Å². The van der Waals surface area contributed by atoms with Crippen molar-refractivity contribution in [3.8, 4) is 0 Å². The zero-order valence-electron chi connectivity index (χ0n) is 12.5. The molecule has 0 fully saturated rings. The topological polar surface area (TPSA) is 81.4 Å². The second kappa shape index (κ2) is 7.51.